The molecule has 0 saturated carbocycles. The van der Waals surface area contributed by atoms with Crippen LogP contribution in [0.3, 0.4) is 0 Å². The van der Waals surface area contributed by atoms with Gasteiger partial charge in [-0.3, -0.25) is 9.78 Å². The highest BCUT2D eigenvalue weighted by Gasteiger charge is 2.09. The number of H-pyrrole nitrogens is 1. The Hall–Kier alpha value is -2.74. The van der Waals surface area contributed by atoms with Crippen molar-refractivity contribution in [2.45, 2.75) is 5.16 Å². The van der Waals surface area contributed by atoms with Crippen molar-refractivity contribution in [1.82, 2.24) is 20.2 Å². The van der Waals surface area contributed by atoms with Crippen molar-refractivity contribution in [3.05, 3.63) is 54.6 Å². The number of hydrogen-bond acceptors (Lipinski definition) is 5. The number of pyridine rings is 1. The number of anilines is 1. The number of carbonyl (C=O) groups is 1. The van der Waals surface area contributed by atoms with E-state index in [9.17, 15) is 9.18 Å². The molecule has 23 heavy (non-hydrogen) atoms. The summed E-state index contributed by atoms with van der Waals surface area (Å²) in [5, 5.41) is 11.1. The Balaban J connectivity index is 1.58. The van der Waals surface area contributed by atoms with Gasteiger partial charge in [0.25, 0.3) is 0 Å². The van der Waals surface area contributed by atoms with Gasteiger partial charge in [-0.25, -0.2) is 4.39 Å². The lowest BCUT2D eigenvalue weighted by atomic mass is 10.3. The average molecular weight is 329 g/mol. The standard InChI is InChI=1S/C15H12FN5OS/c16-11-6-10(7-17-8-11)14-19-15(21-20-14)23-9-13(22)18-12-4-2-1-3-5-12/h1-8H,9H2,(H,18,22)(H,19,20,21). The van der Waals surface area contributed by atoms with Gasteiger partial charge in [0.05, 0.1) is 11.9 Å². The zero-order chi connectivity index (χ0) is 16.1. The van der Waals surface area contributed by atoms with Crippen LogP contribution in [0.2, 0.25) is 0 Å². The molecule has 0 aliphatic carbocycles. The van der Waals surface area contributed by atoms with Gasteiger partial charge in [0.2, 0.25) is 5.91 Å². The summed E-state index contributed by atoms with van der Waals surface area (Å²) < 4.78 is 13.1. The van der Waals surface area contributed by atoms with E-state index in [2.05, 4.69) is 25.5 Å². The van der Waals surface area contributed by atoms with Crippen LogP contribution in [-0.4, -0.2) is 31.8 Å². The van der Waals surface area contributed by atoms with Crippen LogP contribution in [0.25, 0.3) is 11.4 Å². The first-order chi connectivity index (χ1) is 11.2. The van der Waals surface area contributed by atoms with Crippen LogP contribution >= 0.6 is 11.8 Å². The first-order valence-corrected chi connectivity index (χ1v) is 7.70. The number of rotatable bonds is 5. The van der Waals surface area contributed by atoms with Crippen LogP contribution in [0.5, 0.6) is 0 Å². The van der Waals surface area contributed by atoms with E-state index >= 15 is 0 Å². The molecule has 8 heteroatoms. The topological polar surface area (TPSA) is 83.6 Å². The van der Waals surface area contributed by atoms with Crippen molar-refractivity contribution in [3.8, 4) is 11.4 Å². The molecule has 0 spiro atoms. The molecule has 0 aliphatic rings. The summed E-state index contributed by atoms with van der Waals surface area (Å²) in [4.78, 5) is 18.5. The van der Waals surface area contributed by atoms with Crippen molar-refractivity contribution in [2.75, 3.05) is 11.1 Å². The number of amides is 1. The fourth-order valence-electron chi connectivity index (χ4n) is 1.84. The highest BCUT2D eigenvalue weighted by atomic mass is 32.2. The third-order valence-electron chi connectivity index (χ3n) is 2.84. The first kappa shape index (κ1) is 15.2. The second-order valence-corrected chi connectivity index (χ2v) is 5.54. The minimum Gasteiger partial charge on any atom is -0.325 e. The van der Waals surface area contributed by atoms with Gasteiger partial charge in [0, 0.05) is 17.4 Å². The third kappa shape index (κ3) is 4.13. The molecular weight excluding hydrogens is 317 g/mol. The van der Waals surface area contributed by atoms with Crippen LogP contribution in [-0.2, 0) is 4.79 Å². The Morgan fingerprint density at radius 3 is 2.83 bits per heavy atom. The zero-order valence-electron chi connectivity index (χ0n) is 11.9. The molecule has 2 aromatic heterocycles. The van der Waals surface area contributed by atoms with Gasteiger partial charge in [-0.05, 0) is 18.2 Å². The van der Waals surface area contributed by atoms with E-state index < -0.39 is 5.82 Å². The van der Waals surface area contributed by atoms with Gasteiger partial charge >= 0.3 is 0 Å². The summed E-state index contributed by atoms with van der Waals surface area (Å²) in [5.74, 6) is -0.00448. The first-order valence-electron chi connectivity index (χ1n) is 6.72. The Kier molecular flexibility index (Phi) is 4.62. The number of nitrogens with zero attached hydrogens (tertiary/aromatic N) is 3. The molecule has 3 rings (SSSR count). The predicted octanol–water partition coefficient (Wildman–Crippen LogP) is 2.74. The van der Waals surface area contributed by atoms with Crippen molar-refractivity contribution < 1.29 is 9.18 Å². The van der Waals surface area contributed by atoms with E-state index in [1.165, 1.54) is 24.0 Å². The average Bonchev–Trinajstić information content (AvgIpc) is 3.03. The molecule has 0 unspecified atom stereocenters. The fraction of sp³-hybridized carbons (Fsp3) is 0.0667. The summed E-state index contributed by atoms with van der Waals surface area (Å²) in [6.45, 7) is 0. The molecule has 2 N–H and O–H groups in total. The second kappa shape index (κ2) is 7.01. The van der Waals surface area contributed by atoms with Gasteiger partial charge in [-0.1, -0.05) is 30.0 Å². The summed E-state index contributed by atoms with van der Waals surface area (Å²) in [7, 11) is 0. The molecule has 0 saturated heterocycles. The van der Waals surface area contributed by atoms with E-state index in [0.717, 1.165) is 11.9 Å². The Morgan fingerprint density at radius 1 is 1.22 bits per heavy atom. The van der Waals surface area contributed by atoms with E-state index in [1.54, 1.807) is 0 Å². The molecule has 6 nitrogen and oxygen atoms in total. The summed E-state index contributed by atoms with van der Waals surface area (Å²) in [6.07, 6.45) is 2.60. The van der Waals surface area contributed by atoms with Crippen LogP contribution in [0, 0.1) is 5.82 Å². The highest BCUT2D eigenvalue weighted by molar-refractivity contribution is 7.99. The van der Waals surface area contributed by atoms with Gasteiger partial charge in [-0.2, -0.15) is 0 Å². The van der Waals surface area contributed by atoms with E-state index in [-0.39, 0.29) is 11.7 Å². The third-order valence-corrected chi connectivity index (χ3v) is 3.71. The predicted molar refractivity (Wildman–Crippen MR) is 85.4 cm³/mol. The Morgan fingerprint density at radius 2 is 2.04 bits per heavy atom. The van der Waals surface area contributed by atoms with Crippen LogP contribution < -0.4 is 5.32 Å². The lowest BCUT2D eigenvalue weighted by Gasteiger charge is -2.03. The summed E-state index contributed by atoms with van der Waals surface area (Å²) in [6, 6.07) is 10.5. The smallest absolute Gasteiger partial charge is 0.234 e. The lowest BCUT2D eigenvalue weighted by molar-refractivity contribution is -0.113. The van der Waals surface area contributed by atoms with Crippen molar-refractivity contribution in [2.24, 2.45) is 0 Å². The maximum absolute atomic E-state index is 13.1. The summed E-state index contributed by atoms with van der Waals surface area (Å²) in [5.41, 5.74) is 1.24. The lowest BCUT2D eigenvalue weighted by Crippen LogP contribution is -2.13. The van der Waals surface area contributed by atoms with Gasteiger partial charge in [-0.15, -0.1) is 10.2 Å². The molecule has 116 valence electrons. The minimum atomic E-state index is -0.449. The molecule has 3 aromatic rings. The molecule has 0 aliphatic heterocycles. The van der Waals surface area contributed by atoms with E-state index in [1.807, 2.05) is 30.3 Å². The van der Waals surface area contributed by atoms with Crippen LogP contribution in [0.15, 0.2) is 53.9 Å². The molecule has 1 amide bonds. The van der Waals surface area contributed by atoms with Crippen LogP contribution in [0.4, 0.5) is 10.1 Å². The van der Waals surface area contributed by atoms with Crippen LogP contribution in [0.1, 0.15) is 0 Å². The molecule has 0 bridgehead atoms. The Bertz CT molecular complexity index is 808. The van der Waals surface area contributed by atoms with Crippen molar-refractivity contribution >= 4 is 23.4 Å². The van der Waals surface area contributed by atoms with Crippen molar-refractivity contribution in [3.63, 3.8) is 0 Å². The highest BCUT2D eigenvalue weighted by Crippen LogP contribution is 2.19. The largest absolute Gasteiger partial charge is 0.325 e. The monoisotopic (exact) mass is 329 g/mol. The van der Waals surface area contributed by atoms with Gasteiger partial charge < -0.3 is 10.3 Å². The van der Waals surface area contributed by atoms with E-state index in [0.29, 0.717) is 16.5 Å². The van der Waals surface area contributed by atoms with E-state index in [4.69, 9.17) is 0 Å². The minimum absolute atomic E-state index is 0.147. The normalized spacial score (nSPS) is 10.5. The quantitative estimate of drug-likeness (QED) is 0.703. The molecule has 0 fully saturated rings. The number of carbonyl (C=O) groups excluding carboxylic acids is 1. The maximum Gasteiger partial charge on any atom is 0.234 e. The number of benzene rings is 1. The maximum atomic E-state index is 13.1. The molecule has 1 aromatic carbocycles. The summed E-state index contributed by atoms with van der Waals surface area (Å²) >= 11 is 1.21. The molecule has 0 radical (unpaired) electrons. The van der Waals surface area contributed by atoms with Crippen molar-refractivity contribution in [1.29, 1.82) is 0 Å². The van der Waals surface area contributed by atoms with Gasteiger partial charge in [0.1, 0.15) is 5.82 Å². The number of aromatic nitrogens is 4. The molecule has 2 heterocycles. The fourth-order valence-corrected chi connectivity index (χ4v) is 2.44. The number of aromatic amines is 1. The zero-order valence-corrected chi connectivity index (χ0v) is 12.7. The number of halogens is 1. The SMILES string of the molecule is O=C(CSc1nnc(-c2cncc(F)c2)[nH]1)Nc1ccccc1. The molecule has 0 atom stereocenters. The number of hydrogen-bond donors (Lipinski definition) is 2. The number of nitrogens with one attached hydrogen (secondary N) is 2. The number of thioether (sulfide) groups is 1. The number of para-hydroxylation sites is 1. The van der Waals surface area contributed by atoms with Gasteiger partial charge in [0.15, 0.2) is 11.0 Å². The Labute approximate surface area is 135 Å². The second-order valence-electron chi connectivity index (χ2n) is 4.57. The molecular formula is C15H12FN5OS.